The fourth-order valence-electron chi connectivity index (χ4n) is 2.88. The van der Waals surface area contributed by atoms with Crippen LogP contribution in [0.3, 0.4) is 0 Å². The van der Waals surface area contributed by atoms with Crippen molar-refractivity contribution < 1.29 is 4.74 Å². The summed E-state index contributed by atoms with van der Waals surface area (Å²) in [7, 11) is 1.66. The summed E-state index contributed by atoms with van der Waals surface area (Å²) < 4.78 is 6.34. The molecule has 24 heavy (non-hydrogen) atoms. The summed E-state index contributed by atoms with van der Waals surface area (Å²) in [5.74, 6) is 1.22. The van der Waals surface area contributed by atoms with Crippen LogP contribution in [-0.2, 0) is 19.4 Å². The zero-order chi connectivity index (χ0) is 16.2. The Morgan fingerprint density at radius 3 is 2.79 bits per heavy atom. The predicted octanol–water partition coefficient (Wildman–Crippen LogP) is 4.49. The number of hydrogen-bond donors (Lipinski definition) is 2. The van der Waals surface area contributed by atoms with Crippen LogP contribution in [0.25, 0.3) is 0 Å². The van der Waals surface area contributed by atoms with Gasteiger partial charge in [-0.2, -0.15) is 0 Å². The minimum atomic E-state index is 0. The number of methoxy groups -OCH3 is 1. The number of halogens is 2. The summed E-state index contributed by atoms with van der Waals surface area (Å²) in [6, 6.07) is 12.3. The average molecular weight is 502 g/mol. The molecule has 6 heteroatoms. The van der Waals surface area contributed by atoms with Crippen molar-refractivity contribution in [3.05, 3.63) is 57.6 Å². The highest BCUT2D eigenvalue weighted by molar-refractivity contribution is 14.0. The third-order valence-corrected chi connectivity index (χ3v) is 4.53. The van der Waals surface area contributed by atoms with Crippen LogP contribution >= 0.6 is 39.9 Å². The normalized spacial score (nSPS) is 13.2. The van der Waals surface area contributed by atoms with Gasteiger partial charge in [0.25, 0.3) is 0 Å². The van der Waals surface area contributed by atoms with Crippen molar-refractivity contribution in [1.82, 2.24) is 0 Å². The lowest BCUT2D eigenvalue weighted by Gasteiger charge is -2.09. The smallest absolute Gasteiger partial charge is 0.193 e. The first-order valence-electron chi connectivity index (χ1n) is 7.67. The van der Waals surface area contributed by atoms with Crippen LogP contribution in [0.5, 0.6) is 5.75 Å². The van der Waals surface area contributed by atoms with Gasteiger partial charge in [-0.15, -0.1) is 24.0 Å². The molecule has 3 rings (SSSR count). The predicted molar refractivity (Wildman–Crippen MR) is 114 cm³/mol. The molecule has 128 valence electrons. The Labute approximate surface area is 168 Å². The number of aryl methyl sites for hydroxylation is 2. The Kier molecular flexibility index (Phi) is 6.91. The van der Waals surface area contributed by atoms with Crippen molar-refractivity contribution in [2.45, 2.75) is 25.8 Å². The van der Waals surface area contributed by atoms with E-state index in [9.17, 15) is 0 Å². The molecule has 0 atom stereocenters. The van der Waals surface area contributed by atoms with E-state index in [-0.39, 0.29) is 24.0 Å². The molecule has 0 saturated heterocycles. The number of nitrogens with one attached hydrogen (secondary N) is 1. The first-order valence-corrected chi connectivity index (χ1v) is 8.46. The Morgan fingerprint density at radius 1 is 1.21 bits per heavy atom. The Bertz CT molecular complexity index is 749. The van der Waals surface area contributed by atoms with E-state index < -0.39 is 0 Å². The monoisotopic (exact) mass is 501 g/mol. The molecule has 2 aromatic carbocycles. The standard InChI is InChI=1S/C18H20BrN3O.HI/c1-23-17-8-6-15(19)9-14(17)11-21-18(20)22-16-7-5-12-3-2-4-13(12)10-16;/h5-10H,2-4,11H2,1H3,(H3,20,21,22);1H. The summed E-state index contributed by atoms with van der Waals surface area (Å²) in [6.45, 7) is 0.465. The number of rotatable bonds is 4. The molecule has 0 amide bonds. The Morgan fingerprint density at radius 2 is 2.00 bits per heavy atom. The number of guanidine groups is 1. The van der Waals surface area contributed by atoms with E-state index in [1.165, 1.54) is 24.0 Å². The summed E-state index contributed by atoms with van der Waals surface area (Å²) in [6.07, 6.45) is 3.57. The van der Waals surface area contributed by atoms with Crippen molar-refractivity contribution in [1.29, 1.82) is 0 Å². The van der Waals surface area contributed by atoms with Crippen LogP contribution in [0.1, 0.15) is 23.1 Å². The zero-order valence-corrected chi connectivity index (χ0v) is 17.4. The number of fused-ring (bicyclic) bond motifs is 1. The Hall–Kier alpha value is -1.28. The van der Waals surface area contributed by atoms with Crippen molar-refractivity contribution in [2.24, 2.45) is 10.7 Å². The van der Waals surface area contributed by atoms with Crippen LogP contribution in [0.15, 0.2) is 45.9 Å². The van der Waals surface area contributed by atoms with Crippen LogP contribution < -0.4 is 15.8 Å². The average Bonchev–Trinajstić information content (AvgIpc) is 3.00. The van der Waals surface area contributed by atoms with Gasteiger partial charge < -0.3 is 15.8 Å². The lowest BCUT2D eigenvalue weighted by Crippen LogP contribution is -2.22. The molecule has 0 fully saturated rings. The maximum atomic E-state index is 6.01. The maximum Gasteiger partial charge on any atom is 0.193 e. The highest BCUT2D eigenvalue weighted by Crippen LogP contribution is 2.25. The van der Waals surface area contributed by atoms with Crippen LogP contribution in [0, 0.1) is 0 Å². The largest absolute Gasteiger partial charge is 0.496 e. The fourth-order valence-corrected chi connectivity index (χ4v) is 3.29. The zero-order valence-electron chi connectivity index (χ0n) is 13.5. The second-order valence-electron chi connectivity index (χ2n) is 5.62. The maximum absolute atomic E-state index is 6.01. The van der Waals surface area contributed by atoms with Gasteiger partial charge in [0.05, 0.1) is 13.7 Å². The molecule has 3 N–H and O–H groups in total. The van der Waals surface area contributed by atoms with Gasteiger partial charge in [-0.3, -0.25) is 0 Å². The SMILES string of the molecule is COc1ccc(Br)cc1CN=C(N)Nc1ccc2c(c1)CCC2.I. The summed E-state index contributed by atoms with van der Waals surface area (Å²) in [5.41, 5.74) is 10.9. The van der Waals surface area contributed by atoms with Crippen molar-refractivity contribution in [2.75, 3.05) is 12.4 Å². The van der Waals surface area contributed by atoms with Gasteiger partial charge in [0.1, 0.15) is 5.75 Å². The van der Waals surface area contributed by atoms with E-state index in [0.29, 0.717) is 12.5 Å². The number of aliphatic imine (C=N–C) groups is 1. The van der Waals surface area contributed by atoms with Gasteiger partial charge in [0.15, 0.2) is 5.96 Å². The molecule has 0 aromatic heterocycles. The highest BCUT2D eigenvalue weighted by atomic mass is 127. The summed E-state index contributed by atoms with van der Waals surface area (Å²) in [5, 5.41) is 3.17. The van der Waals surface area contributed by atoms with E-state index in [1.807, 2.05) is 18.2 Å². The molecule has 0 bridgehead atoms. The molecule has 4 nitrogen and oxygen atoms in total. The quantitative estimate of drug-likeness (QED) is 0.368. The van der Waals surface area contributed by atoms with Gasteiger partial charge in [0, 0.05) is 15.7 Å². The number of nitrogens with zero attached hydrogens (tertiary/aromatic N) is 1. The van der Waals surface area contributed by atoms with E-state index in [4.69, 9.17) is 10.5 Å². The minimum Gasteiger partial charge on any atom is -0.496 e. The number of ether oxygens (including phenoxy) is 1. The van der Waals surface area contributed by atoms with Crippen LogP contribution in [0.2, 0.25) is 0 Å². The van der Waals surface area contributed by atoms with Crippen molar-refractivity contribution in [3.63, 3.8) is 0 Å². The molecule has 1 aliphatic rings. The van der Waals surface area contributed by atoms with Gasteiger partial charge in [-0.1, -0.05) is 22.0 Å². The minimum absolute atomic E-state index is 0. The van der Waals surface area contributed by atoms with Crippen molar-refractivity contribution in [3.8, 4) is 5.75 Å². The molecule has 0 saturated carbocycles. The molecule has 2 aromatic rings. The molecular formula is C18H21BrIN3O. The van der Waals surface area contributed by atoms with Gasteiger partial charge in [-0.05, 0) is 60.7 Å². The summed E-state index contributed by atoms with van der Waals surface area (Å²) >= 11 is 3.46. The fraction of sp³-hybridized carbons (Fsp3) is 0.278. The third-order valence-electron chi connectivity index (χ3n) is 4.03. The van der Waals surface area contributed by atoms with Gasteiger partial charge >= 0.3 is 0 Å². The van der Waals surface area contributed by atoms with Crippen LogP contribution in [0.4, 0.5) is 5.69 Å². The molecule has 0 spiro atoms. The molecular weight excluding hydrogens is 481 g/mol. The number of hydrogen-bond acceptors (Lipinski definition) is 2. The second-order valence-corrected chi connectivity index (χ2v) is 6.54. The van der Waals surface area contributed by atoms with Crippen LogP contribution in [-0.4, -0.2) is 13.1 Å². The third kappa shape index (κ3) is 4.63. The lowest BCUT2D eigenvalue weighted by atomic mass is 10.1. The van der Waals surface area contributed by atoms with Crippen molar-refractivity contribution >= 4 is 51.6 Å². The Balaban J connectivity index is 0.00000208. The number of nitrogens with two attached hydrogens (primary N) is 1. The van der Waals surface area contributed by atoms with Gasteiger partial charge in [-0.25, -0.2) is 4.99 Å². The van der Waals surface area contributed by atoms with E-state index in [1.54, 1.807) is 7.11 Å². The summed E-state index contributed by atoms with van der Waals surface area (Å²) in [4.78, 5) is 4.42. The van der Waals surface area contributed by atoms with E-state index in [2.05, 4.69) is 44.4 Å². The molecule has 0 radical (unpaired) electrons. The highest BCUT2D eigenvalue weighted by Gasteiger charge is 2.11. The first kappa shape index (κ1) is 19.1. The second kappa shape index (κ2) is 8.71. The molecule has 0 unspecified atom stereocenters. The number of benzene rings is 2. The van der Waals surface area contributed by atoms with Gasteiger partial charge in [0.2, 0.25) is 0 Å². The molecule has 0 heterocycles. The topological polar surface area (TPSA) is 59.6 Å². The van der Waals surface area contributed by atoms with E-state index >= 15 is 0 Å². The molecule has 1 aliphatic carbocycles. The molecule has 0 aliphatic heterocycles. The number of anilines is 1. The lowest BCUT2D eigenvalue weighted by molar-refractivity contribution is 0.410. The van der Waals surface area contributed by atoms with E-state index in [0.717, 1.165) is 27.9 Å². The first-order chi connectivity index (χ1) is 11.2.